The molecule has 4 rings (SSSR count). The zero-order chi connectivity index (χ0) is 19.7. The van der Waals surface area contributed by atoms with E-state index in [0.29, 0.717) is 17.5 Å². The van der Waals surface area contributed by atoms with Gasteiger partial charge in [0.15, 0.2) is 0 Å². The van der Waals surface area contributed by atoms with Crippen molar-refractivity contribution in [3.05, 3.63) is 76.1 Å². The fourth-order valence-corrected chi connectivity index (χ4v) is 3.09. The Hall–Kier alpha value is -3.61. The second kappa shape index (κ2) is 7.19. The molecular weight excluding hydrogens is 360 g/mol. The van der Waals surface area contributed by atoms with Crippen molar-refractivity contribution in [3.63, 3.8) is 0 Å². The zero-order valence-corrected chi connectivity index (χ0v) is 15.2. The second-order valence-electron chi connectivity index (χ2n) is 6.65. The SMILES string of the molecule is Cc1ccc(N2CC(CNC(=O)c3cc4ccccc4oc3=O)OC2=O)cc1. The molecule has 142 valence electrons. The quantitative estimate of drug-likeness (QED) is 0.705. The number of hydrogen-bond donors (Lipinski definition) is 1. The van der Waals surface area contributed by atoms with Crippen molar-refractivity contribution in [1.29, 1.82) is 0 Å². The lowest BCUT2D eigenvalue weighted by molar-refractivity contribution is 0.0912. The van der Waals surface area contributed by atoms with Gasteiger partial charge in [0, 0.05) is 11.1 Å². The minimum atomic E-state index is -0.708. The number of benzene rings is 2. The monoisotopic (exact) mass is 378 g/mol. The van der Waals surface area contributed by atoms with Gasteiger partial charge < -0.3 is 14.5 Å². The average molecular weight is 378 g/mol. The first-order valence-corrected chi connectivity index (χ1v) is 8.87. The van der Waals surface area contributed by atoms with Gasteiger partial charge in [-0.25, -0.2) is 9.59 Å². The number of amides is 2. The van der Waals surface area contributed by atoms with Gasteiger partial charge in [0.1, 0.15) is 17.3 Å². The molecule has 3 aromatic rings. The first-order chi connectivity index (χ1) is 13.5. The van der Waals surface area contributed by atoms with E-state index in [0.717, 1.165) is 11.3 Å². The molecule has 1 atom stereocenters. The van der Waals surface area contributed by atoms with Crippen LogP contribution in [0.2, 0.25) is 0 Å². The van der Waals surface area contributed by atoms with Gasteiger partial charge in [-0.2, -0.15) is 0 Å². The van der Waals surface area contributed by atoms with Crippen molar-refractivity contribution in [1.82, 2.24) is 5.32 Å². The highest BCUT2D eigenvalue weighted by atomic mass is 16.6. The number of anilines is 1. The molecule has 1 aromatic heterocycles. The standard InChI is InChI=1S/C21H18N2O5/c1-13-6-8-15(9-7-13)23-12-16(27-21(23)26)11-22-19(24)17-10-14-4-2-3-5-18(14)28-20(17)25/h2-10,16H,11-12H2,1H3,(H,22,24). The molecule has 7 nitrogen and oxygen atoms in total. The maximum absolute atomic E-state index is 12.4. The van der Waals surface area contributed by atoms with Crippen molar-refractivity contribution in [2.45, 2.75) is 13.0 Å². The summed E-state index contributed by atoms with van der Waals surface area (Å²) in [5.41, 5.74) is 1.45. The highest BCUT2D eigenvalue weighted by Crippen LogP contribution is 2.21. The van der Waals surface area contributed by atoms with Crippen molar-refractivity contribution in [2.75, 3.05) is 18.0 Å². The third-order valence-electron chi connectivity index (χ3n) is 4.60. The van der Waals surface area contributed by atoms with E-state index in [-0.39, 0.29) is 12.1 Å². The molecule has 2 heterocycles. The second-order valence-corrected chi connectivity index (χ2v) is 6.65. The number of hydrogen-bond acceptors (Lipinski definition) is 5. The molecule has 0 aliphatic carbocycles. The predicted molar refractivity (Wildman–Crippen MR) is 104 cm³/mol. The third-order valence-corrected chi connectivity index (χ3v) is 4.60. The largest absolute Gasteiger partial charge is 0.442 e. The van der Waals surface area contributed by atoms with Crippen LogP contribution in [0.4, 0.5) is 10.5 Å². The number of nitrogens with one attached hydrogen (secondary N) is 1. The third kappa shape index (κ3) is 3.46. The van der Waals surface area contributed by atoms with Crippen LogP contribution in [0.5, 0.6) is 0 Å². The number of ether oxygens (including phenoxy) is 1. The van der Waals surface area contributed by atoms with Crippen LogP contribution in [-0.2, 0) is 4.74 Å². The summed E-state index contributed by atoms with van der Waals surface area (Å²) < 4.78 is 10.5. The summed E-state index contributed by atoms with van der Waals surface area (Å²) in [7, 11) is 0. The first kappa shape index (κ1) is 17.8. The van der Waals surface area contributed by atoms with E-state index < -0.39 is 23.7 Å². The van der Waals surface area contributed by atoms with E-state index in [1.165, 1.54) is 11.0 Å². The van der Waals surface area contributed by atoms with Crippen molar-refractivity contribution in [2.24, 2.45) is 0 Å². The van der Waals surface area contributed by atoms with E-state index in [9.17, 15) is 14.4 Å². The molecule has 1 aliphatic rings. The molecule has 1 fully saturated rings. The molecule has 0 saturated carbocycles. The van der Waals surface area contributed by atoms with Crippen LogP contribution in [0.3, 0.4) is 0 Å². The molecule has 0 spiro atoms. The fraction of sp³-hybridized carbons (Fsp3) is 0.190. The van der Waals surface area contributed by atoms with Crippen molar-refractivity contribution in [3.8, 4) is 0 Å². The van der Waals surface area contributed by atoms with Crippen LogP contribution in [0.1, 0.15) is 15.9 Å². The maximum atomic E-state index is 12.4. The molecule has 0 bridgehead atoms. The maximum Gasteiger partial charge on any atom is 0.414 e. The Bertz CT molecular complexity index is 1100. The van der Waals surface area contributed by atoms with E-state index >= 15 is 0 Å². The molecule has 0 radical (unpaired) electrons. The summed E-state index contributed by atoms with van der Waals surface area (Å²) in [6, 6.07) is 16.0. The number of aryl methyl sites for hydroxylation is 1. The van der Waals surface area contributed by atoms with Crippen molar-refractivity contribution < 1.29 is 18.7 Å². The Morgan fingerprint density at radius 3 is 2.68 bits per heavy atom. The summed E-state index contributed by atoms with van der Waals surface area (Å²) >= 11 is 0. The predicted octanol–water partition coefficient (Wildman–Crippen LogP) is 2.86. The lowest BCUT2D eigenvalue weighted by atomic mass is 10.2. The van der Waals surface area contributed by atoms with Crippen LogP contribution < -0.4 is 15.8 Å². The Kier molecular flexibility index (Phi) is 4.57. The Morgan fingerprint density at radius 2 is 1.89 bits per heavy atom. The molecule has 7 heteroatoms. The van der Waals surface area contributed by atoms with Crippen LogP contribution in [-0.4, -0.2) is 31.2 Å². The summed E-state index contributed by atoms with van der Waals surface area (Å²) in [6.45, 7) is 2.38. The van der Waals surface area contributed by atoms with Crippen LogP contribution >= 0.6 is 0 Å². The number of carbonyl (C=O) groups is 2. The molecule has 2 aromatic carbocycles. The summed E-state index contributed by atoms with van der Waals surface area (Å²) in [5, 5.41) is 3.30. The highest BCUT2D eigenvalue weighted by Gasteiger charge is 2.32. The summed E-state index contributed by atoms with van der Waals surface area (Å²) in [4.78, 5) is 38.1. The number of carbonyl (C=O) groups excluding carboxylic acids is 2. The normalized spacial score (nSPS) is 16.2. The highest BCUT2D eigenvalue weighted by molar-refractivity contribution is 5.96. The van der Waals surface area contributed by atoms with Crippen LogP contribution in [0.15, 0.2) is 63.8 Å². The number of rotatable bonds is 4. The smallest absolute Gasteiger partial charge is 0.414 e. The van der Waals surface area contributed by atoms with Gasteiger partial charge in [0.2, 0.25) is 0 Å². The number of fused-ring (bicyclic) bond motifs is 1. The number of nitrogens with zero attached hydrogens (tertiary/aromatic N) is 1. The van der Waals surface area contributed by atoms with Gasteiger partial charge >= 0.3 is 11.7 Å². The molecule has 2 amide bonds. The Balaban J connectivity index is 1.43. The molecule has 1 aliphatic heterocycles. The lowest BCUT2D eigenvalue weighted by Gasteiger charge is -2.13. The molecular formula is C21H18N2O5. The number of para-hydroxylation sites is 1. The van der Waals surface area contributed by atoms with Gasteiger partial charge in [-0.3, -0.25) is 9.69 Å². The summed E-state index contributed by atoms with van der Waals surface area (Å²) in [6.07, 6.45) is -0.974. The Labute approximate surface area is 160 Å². The topological polar surface area (TPSA) is 88.8 Å². The van der Waals surface area contributed by atoms with Crippen LogP contribution in [0, 0.1) is 6.92 Å². The lowest BCUT2D eigenvalue weighted by Crippen LogP contribution is -2.36. The molecule has 28 heavy (non-hydrogen) atoms. The first-order valence-electron chi connectivity index (χ1n) is 8.87. The Morgan fingerprint density at radius 1 is 1.14 bits per heavy atom. The molecule has 1 saturated heterocycles. The van der Waals surface area contributed by atoms with Gasteiger partial charge in [0.25, 0.3) is 5.91 Å². The van der Waals surface area contributed by atoms with Crippen molar-refractivity contribution >= 4 is 28.7 Å². The number of cyclic esters (lactones) is 1. The molecule has 1 N–H and O–H groups in total. The summed E-state index contributed by atoms with van der Waals surface area (Å²) in [5.74, 6) is -0.565. The average Bonchev–Trinajstić information content (AvgIpc) is 3.07. The van der Waals surface area contributed by atoms with E-state index in [1.54, 1.807) is 24.3 Å². The van der Waals surface area contributed by atoms with E-state index in [1.807, 2.05) is 31.2 Å². The van der Waals surface area contributed by atoms with Gasteiger partial charge in [-0.1, -0.05) is 35.9 Å². The van der Waals surface area contributed by atoms with Gasteiger partial charge in [0.05, 0.1) is 13.1 Å². The molecule has 1 unspecified atom stereocenters. The van der Waals surface area contributed by atoms with Crippen LogP contribution in [0.25, 0.3) is 11.0 Å². The van der Waals surface area contributed by atoms with E-state index in [2.05, 4.69) is 5.32 Å². The fourth-order valence-electron chi connectivity index (χ4n) is 3.09. The van der Waals surface area contributed by atoms with Gasteiger partial charge in [-0.05, 0) is 31.2 Å². The van der Waals surface area contributed by atoms with E-state index in [4.69, 9.17) is 9.15 Å². The minimum absolute atomic E-state index is 0.0848. The minimum Gasteiger partial charge on any atom is -0.442 e. The van der Waals surface area contributed by atoms with Gasteiger partial charge in [-0.15, -0.1) is 0 Å². The zero-order valence-electron chi connectivity index (χ0n) is 15.2.